The first kappa shape index (κ1) is 18.2. The average Bonchev–Trinajstić information content (AvgIpc) is 2.35. The number of nitrogens with one attached hydrogen (secondary N) is 2. The summed E-state index contributed by atoms with van der Waals surface area (Å²) in [5, 5.41) is 14.3. The van der Waals surface area contributed by atoms with Gasteiger partial charge in [0, 0.05) is 13.1 Å². The van der Waals surface area contributed by atoms with Crippen LogP contribution in [0.3, 0.4) is 0 Å². The first-order valence-corrected chi connectivity index (χ1v) is 6.77. The Morgan fingerprint density at radius 3 is 2.20 bits per heavy atom. The maximum Gasteiger partial charge on any atom is 0.329 e. The number of likely N-dealkylation sites (N-methyl/N-ethyl adjacent to an activating group) is 1. The van der Waals surface area contributed by atoms with Crippen molar-refractivity contribution in [2.45, 2.75) is 52.6 Å². The van der Waals surface area contributed by atoms with Gasteiger partial charge < -0.3 is 20.6 Å². The SMILES string of the molecule is CCCNC(=O)C(C)NC(=O)N(CC)C(C)(C)C(=O)O. The van der Waals surface area contributed by atoms with E-state index in [1.807, 2.05) is 6.92 Å². The number of urea groups is 1. The molecular formula is C13H25N3O4. The minimum absolute atomic E-state index is 0.231. The predicted octanol–water partition coefficient (Wildman–Crippen LogP) is 0.796. The number of rotatable bonds is 7. The molecule has 1 unspecified atom stereocenters. The molecule has 116 valence electrons. The number of hydrogen-bond donors (Lipinski definition) is 3. The summed E-state index contributed by atoms with van der Waals surface area (Å²) in [6, 6.07) is -1.29. The van der Waals surface area contributed by atoms with Crippen molar-refractivity contribution < 1.29 is 19.5 Å². The highest BCUT2D eigenvalue weighted by atomic mass is 16.4. The summed E-state index contributed by atoms with van der Waals surface area (Å²) >= 11 is 0. The van der Waals surface area contributed by atoms with Crippen molar-refractivity contribution in [1.29, 1.82) is 0 Å². The van der Waals surface area contributed by atoms with E-state index in [1.165, 1.54) is 18.7 Å². The molecule has 0 aromatic carbocycles. The van der Waals surface area contributed by atoms with E-state index >= 15 is 0 Å². The first-order chi connectivity index (χ1) is 9.18. The van der Waals surface area contributed by atoms with Gasteiger partial charge in [-0.05, 0) is 34.1 Å². The van der Waals surface area contributed by atoms with Gasteiger partial charge in [-0.1, -0.05) is 6.92 Å². The number of carboxylic acids is 1. The molecule has 7 heteroatoms. The summed E-state index contributed by atoms with van der Waals surface area (Å²) in [6.45, 7) is 8.83. The summed E-state index contributed by atoms with van der Waals surface area (Å²) in [5.74, 6) is -1.39. The van der Waals surface area contributed by atoms with E-state index in [0.29, 0.717) is 6.54 Å². The standard InChI is InChI=1S/C13H25N3O4/c1-6-8-14-10(17)9(3)15-12(20)16(7-2)13(4,5)11(18)19/h9H,6-8H2,1-5H3,(H,14,17)(H,15,20)(H,18,19). The van der Waals surface area contributed by atoms with Crippen LogP contribution in [0.1, 0.15) is 41.0 Å². The number of carboxylic acid groups (broad SMARTS) is 1. The lowest BCUT2D eigenvalue weighted by molar-refractivity contribution is -0.147. The fraction of sp³-hybridized carbons (Fsp3) is 0.769. The summed E-state index contributed by atoms with van der Waals surface area (Å²) in [6.07, 6.45) is 0.805. The lowest BCUT2D eigenvalue weighted by atomic mass is 10.0. The molecule has 0 fully saturated rings. The summed E-state index contributed by atoms with van der Waals surface area (Å²) in [4.78, 5) is 36.1. The minimum Gasteiger partial charge on any atom is -0.480 e. The lowest BCUT2D eigenvalue weighted by Gasteiger charge is -2.34. The Hall–Kier alpha value is -1.79. The topological polar surface area (TPSA) is 98.7 Å². The summed E-state index contributed by atoms with van der Waals surface area (Å²) < 4.78 is 0. The van der Waals surface area contributed by atoms with Gasteiger partial charge in [0.25, 0.3) is 0 Å². The normalized spacial score (nSPS) is 12.4. The Morgan fingerprint density at radius 1 is 1.25 bits per heavy atom. The lowest BCUT2D eigenvalue weighted by Crippen LogP contribution is -2.58. The van der Waals surface area contributed by atoms with E-state index in [9.17, 15) is 14.4 Å². The second-order valence-corrected chi connectivity index (χ2v) is 5.07. The maximum absolute atomic E-state index is 12.1. The molecule has 1 atom stereocenters. The highest BCUT2D eigenvalue weighted by Crippen LogP contribution is 2.14. The molecule has 0 aromatic rings. The van der Waals surface area contributed by atoms with Crippen molar-refractivity contribution in [1.82, 2.24) is 15.5 Å². The molecule has 0 saturated carbocycles. The highest BCUT2D eigenvalue weighted by Gasteiger charge is 2.37. The van der Waals surface area contributed by atoms with Crippen LogP contribution in [-0.2, 0) is 9.59 Å². The Balaban J connectivity index is 4.72. The Labute approximate surface area is 119 Å². The molecule has 3 N–H and O–H groups in total. The monoisotopic (exact) mass is 287 g/mol. The number of hydrogen-bond acceptors (Lipinski definition) is 3. The maximum atomic E-state index is 12.1. The highest BCUT2D eigenvalue weighted by molar-refractivity contribution is 5.89. The van der Waals surface area contributed by atoms with Crippen molar-refractivity contribution in [2.75, 3.05) is 13.1 Å². The van der Waals surface area contributed by atoms with Crippen LogP contribution in [0.15, 0.2) is 0 Å². The molecule has 0 aromatic heterocycles. The predicted molar refractivity (Wildman–Crippen MR) is 75.4 cm³/mol. The third-order valence-corrected chi connectivity index (χ3v) is 3.04. The van der Waals surface area contributed by atoms with Crippen LogP contribution in [-0.4, -0.2) is 52.6 Å². The molecule has 0 rings (SSSR count). The first-order valence-electron chi connectivity index (χ1n) is 6.77. The van der Waals surface area contributed by atoms with Crippen molar-refractivity contribution in [3.63, 3.8) is 0 Å². The number of carbonyl (C=O) groups excluding carboxylic acids is 2. The smallest absolute Gasteiger partial charge is 0.329 e. The van der Waals surface area contributed by atoms with Gasteiger partial charge in [0.15, 0.2) is 0 Å². The Morgan fingerprint density at radius 2 is 1.80 bits per heavy atom. The van der Waals surface area contributed by atoms with E-state index in [1.54, 1.807) is 13.8 Å². The second kappa shape index (κ2) is 7.72. The average molecular weight is 287 g/mol. The molecular weight excluding hydrogens is 262 g/mol. The largest absolute Gasteiger partial charge is 0.480 e. The van der Waals surface area contributed by atoms with Gasteiger partial charge >= 0.3 is 12.0 Å². The van der Waals surface area contributed by atoms with E-state index in [-0.39, 0.29) is 12.5 Å². The van der Waals surface area contributed by atoms with Crippen molar-refractivity contribution in [2.24, 2.45) is 0 Å². The van der Waals surface area contributed by atoms with E-state index < -0.39 is 23.6 Å². The number of carbonyl (C=O) groups is 3. The van der Waals surface area contributed by atoms with Gasteiger partial charge in [-0.2, -0.15) is 0 Å². The Bertz CT molecular complexity index is 369. The van der Waals surface area contributed by atoms with Crippen molar-refractivity contribution in [3.8, 4) is 0 Å². The fourth-order valence-corrected chi connectivity index (χ4v) is 1.64. The zero-order valence-electron chi connectivity index (χ0n) is 12.8. The van der Waals surface area contributed by atoms with Gasteiger partial charge in [0.1, 0.15) is 11.6 Å². The third-order valence-electron chi connectivity index (χ3n) is 3.04. The molecule has 0 aliphatic rings. The van der Waals surface area contributed by atoms with Gasteiger partial charge in [-0.25, -0.2) is 9.59 Å². The van der Waals surface area contributed by atoms with Crippen LogP contribution in [0.5, 0.6) is 0 Å². The van der Waals surface area contributed by atoms with Crippen LogP contribution in [0, 0.1) is 0 Å². The summed E-state index contributed by atoms with van der Waals surface area (Å²) in [5.41, 5.74) is -1.33. The van der Waals surface area contributed by atoms with Crippen molar-refractivity contribution in [3.05, 3.63) is 0 Å². The molecule has 20 heavy (non-hydrogen) atoms. The van der Waals surface area contributed by atoms with Gasteiger partial charge in [0.2, 0.25) is 5.91 Å². The zero-order valence-corrected chi connectivity index (χ0v) is 12.8. The van der Waals surface area contributed by atoms with E-state index in [2.05, 4.69) is 10.6 Å². The second-order valence-electron chi connectivity index (χ2n) is 5.07. The number of amides is 3. The van der Waals surface area contributed by atoms with Gasteiger partial charge in [0.05, 0.1) is 0 Å². The zero-order chi connectivity index (χ0) is 15.9. The summed E-state index contributed by atoms with van der Waals surface area (Å²) in [7, 11) is 0. The Kier molecular flexibility index (Phi) is 7.02. The van der Waals surface area contributed by atoms with Crippen LogP contribution in [0.2, 0.25) is 0 Å². The molecule has 0 radical (unpaired) electrons. The third kappa shape index (κ3) is 4.71. The molecule has 3 amide bonds. The fourth-order valence-electron chi connectivity index (χ4n) is 1.64. The van der Waals surface area contributed by atoms with E-state index in [4.69, 9.17) is 5.11 Å². The molecule has 0 aliphatic carbocycles. The molecule has 0 spiro atoms. The molecule has 0 saturated heterocycles. The molecule has 0 bridgehead atoms. The molecule has 0 heterocycles. The van der Waals surface area contributed by atoms with E-state index in [0.717, 1.165) is 6.42 Å². The molecule has 7 nitrogen and oxygen atoms in total. The van der Waals surface area contributed by atoms with Crippen LogP contribution in [0.25, 0.3) is 0 Å². The van der Waals surface area contributed by atoms with Crippen LogP contribution >= 0.6 is 0 Å². The van der Waals surface area contributed by atoms with Crippen molar-refractivity contribution >= 4 is 17.9 Å². The number of nitrogens with zero attached hydrogens (tertiary/aromatic N) is 1. The van der Waals surface area contributed by atoms with Crippen LogP contribution in [0.4, 0.5) is 4.79 Å². The van der Waals surface area contributed by atoms with Crippen LogP contribution < -0.4 is 10.6 Å². The molecule has 0 aliphatic heterocycles. The van der Waals surface area contributed by atoms with Gasteiger partial charge in [-0.15, -0.1) is 0 Å². The quantitative estimate of drug-likeness (QED) is 0.645. The minimum atomic E-state index is -1.33. The number of aliphatic carboxylic acids is 1. The van der Waals surface area contributed by atoms with Gasteiger partial charge in [-0.3, -0.25) is 4.79 Å².